The number of rotatable bonds is 6. The van der Waals surface area contributed by atoms with Gasteiger partial charge in [0.25, 0.3) is 6.08 Å². The van der Waals surface area contributed by atoms with E-state index in [0.29, 0.717) is 0 Å². The summed E-state index contributed by atoms with van der Waals surface area (Å²) in [7, 11) is 0. The van der Waals surface area contributed by atoms with Crippen molar-refractivity contribution in [3.63, 3.8) is 0 Å². The molecule has 1 fully saturated rings. The van der Waals surface area contributed by atoms with Gasteiger partial charge in [0.15, 0.2) is 34.8 Å². The average Bonchev–Trinajstić information content (AvgIpc) is 2.87. The third-order valence-electron chi connectivity index (χ3n) is 6.14. The summed E-state index contributed by atoms with van der Waals surface area (Å²) >= 11 is 0. The molecule has 3 aromatic carbocycles. The first-order valence-corrected chi connectivity index (χ1v) is 11.4. The van der Waals surface area contributed by atoms with Gasteiger partial charge in [-0.2, -0.15) is 13.2 Å². The molecule has 1 aliphatic rings. The van der Waals surface area contributed by atoms with E-state index in [1.807, 2.05) is 0 Å². The van der Waals surface area contributed by atoms with Gasteiger partial charge < -0.3 is 9.47 Å². The van der Waals surface area contributed by atoms with Gasteiger partial charge in [-0.15, -0.1) is 0 Å². The SMILES string of the molecule is CCOc1ccc(-c2ccc(-c3ccc([C@@H]4CCC(C=C(F)F)CO4)c(F)c3F)c(F)c2F)c(F)c1F. The minimum Gasteiger partial charge on any atom is -0.491 e. The van der Waals surface area contributed by atoms with Crippen LogP contribution in [-0.2, 0) is 4.74 Å². The van der Waals surface area contributed by atoms with E-state index in [9.17, 15) is 35.1 Å². The Balaban J connectivity index is 1.65. The Hall–Kier alpha value is -3.40. The molecule has 196 valence electrons. The molecule has 3 aromatic rings. The number of hydrogen-bond acceptors (Lipinski definition) is 2. The van der Waals surface area contributed by atoms with E-state index in [-0.39, 0.29) is 31.6 Å². The van der Waals surface area contributed by atoms with Gasteiger partial charge in [-0.3, -0.25) is 0 Å². The highest BCUT2D eigenvalue weighted by Gasteiger charge is 2.28. The lowest BCUT2D eigenvalue weighted by Gasteiger charge is -2.28. The van der Waals surface area contributed by atoms with Crippen molar-refractivity contribution < 1.29 is 44.6 Å². The molecule has 0 spiro atoms. The normalized spacial score (nSPS) is 17.5. The van der Waals surface area contributed by atoms with Gasteiger partial charge in [0.05, 0.1) is 19.3 Å². The minimum absolute atomic E-state index is 0.0537. The lowest BCUT2D eigenvalue weighted by atomic mass is 9.92. The second-order valence-corrected chi connectivity index (χ2v) is 8.41. The third-order valence-corrected chi connectivity index (χ3v) is 6.14. The van der Waals surface area contributed by atoms with Gasteiger partial charge in [-0.1, -0.05) is 24.3 Å². The molecule has 1 unspecified atom stereocenters. The molecule has 0 aliphatic carbocycles. The Bertz CT molecular complexity index is 1340. The topological polar surface area (TPSA) is 18.5 Å². The molecule has 2 atom stereocenters. The fraction of sp³-hybridized carbons (Fsp3) is 0.259. The van der Waals surface area contributed by atoms with Gasteiger partial charge in [0, 0.05) is 33.7 Å². The summed E-state index contributed by atoms with van der Waals surface area (Å²) in [6.45, 7) is 1.49. The van der Waals surface area contributed by atoms with Crippen molar-refractivity contribution in [3.05, 3.63) is 89.0 Å². The van der Waals surface area contributed by atoms with Crippen LogP contribution in [0.4, 0.5) is 35.1 Å². The lowest BCUT2D eigenvalue weighted by molar-refractivity contribution is -0.00823. The van der Waals surface area contributed by atoms with Crippen molar-refractivity contribution >= 4 is 0 Å². The molecule has 0 bridgehead atoms. The van der Waals surface area contributed by atoms with E-state index in [2.05, 4.69) is 0 Å². The number of ether oxygens (including phenoxy) is 2. The average molecular weight is 528 g/mol. The predicted octanol–water partition coefficient (Wildman–Crippen LogP) is 8.50. The third kappa shape index (κ3) is 5.20. The maximum absolute atomic E-state index is 15.0. The van der Waals surface area contributed by atoms with Crippen LogP contribution in [-0.4, -0.2) is 13.2 Å². The van der Waals surface area contributed by atoms with Crippen molar-refractivity contribution in [2.75, 3.05) is 13.2 Å². The fourth-order valence-electron chi connectivity index (χ4n) is 4.32. The van der Waals surface area contributed by atoms with E-state index in [4.69, 9.17) is 9.47 Å². The maximum Gasteiger partial charge on any atom is 0.266 e. The molecule has 10 heteroatoms. The van der Waals surface area contributed by atoms with Gasteiger partial charge in [-0.05, 0) is 38.0 Å². The fourth-order valence-corrected chi connectivity index (χ4v) is 4.32. The summed E-state index contributed by atoms with van der Waals surface area (Å²) in [5, 5.41) is 0. The van der Waals surface area contributed by atoms with Crippen LogP contribution in [0.2, 0.25) is 0 Å². The zero-order valence-electron chi connectivity index (χ0n) is 19.4. The smallest absolute Gasteiger partial charge is 0.266 e. The molecular weight excluding hydrogens is 508 g/mol. The summed E-state index contributed by atoms with van der Waals surface area (Å²) in [6, 6.07) is 6.13. The predicted molar refractivity (Wildman–Crippen MR) is 120 cm³/mol. The molecular formula is C27H20F8O2. The largest absolute Gasteiger partial charge is 0.491 e. The Morgan fingerprint density at radius 3 is 1.78 bits per heavy atom. The van der Waals surface area contributed by atoms with Crippen LogP contribution >= 0.6 is 0 Å². The van der Waals surface area contributed by atoms with Crippen molar-refractivity contribution in [1.29, 1.82) is 0 Å². The Morgan fingerprint density at radius 1 is 0.757 bits per heavy atom. The molecule has 1 heterocycles. The Kier molecular flexibility index (Phi) is 7.87. The van der Waals surface area contributed by atoms with Crippen molar-refractivity contribution in [1.82, 2.24) is 0 Å². The molecule has 0 amide bonds. The first kappa shape index (κ1) is 26.7. The zero-order valence-corrected chi connectivity index (χ0v) is 19.4. The number of benzene rings is 3. The highest BCUT2D eigenvalue weighted by atomic mass is 19.3. The first-order chi connectivity index (χ1) is 17.6. The molecule has 0 aromatic heterocycles. The van der Waals surface area contributed by atoms with E-state index in [1.54, 1.807) is 6.92 Å². The quantitative estimate of drug-likeness (QED) is 0.299. The van der Waals surface area contributed by atoms with Gasteiger partial charge >= 0.3 is 0 Å². The summed E-state index contributed by atoms with van der Waals surface area (Å²) in [6.07, 6.45) is -1.62. The van der Waals surface area contributed by atoms with E-state index in [1.165, 1.54) is 0 Å². The van der Waals surface area contributed by atoms with Crippen molar-refractivity contribution in [2.24, 2.45) is 5.92 Å². The van der Waals surface area contributed by atoms with Gasteiger partial charge in [0.2, 0.25) is 5.82 Å². The Morgan fingerprint density at radius 2 is 1.27 bits per heavy atom. The van der Waals surface area contributed by atoms with Crippen LogP contribution in [0.25, 0.3) is 22.3 Å². The van der Waals surface area contributed by atoms with Crippen LogP contribution in [0.5, 0.6) is 5.75 Å². The highest BCUT2D eigenvalue weighted by molar-refractivity contribution is 5.73. The zero-order chi connectivity index (χ0) is 26.9. The Labute approximate surface area is 207 Å². The standard InChI is InChI=1S/C27H20F8O2/c1-2-36-20-10-8-17(25(33)27(20)35)15-5-4-14(22(30)23(15)31)16-6-7-18(26(34)24(16)32)19-9-3-13(12-37-19)11-21(28)29/h4-8,10-11,13,19H,2-3,9,12H2,1H3/t13?,19-/m0/s1. The van der Waals surface area contributed by atoms with Gasteiger partial charge in [0.1, 0.15) is 0 Å². The van der Waals surface area contributed by atoms with Crippen LogP contribution in [0, 0.1) is 40.8 Å². The molecule has 4 rings (SSSR count). The van der Waals surface area contributed by atoms with Crippen LogP contribution < -0.4 is 4.74 Å². The van der Waals surface area contributed by atoms with Gasteiger partial charge in [-0.25, -0.2) is 22.0 Å². The van der Waals surface area contributed by atoms with E-state index in [0.717, 1.165) is 42.5 Å². The van der Waals surface area contributed by atoms with Crippen LogP contribution in [0.1, 0.15) is 31.4 Å². The summed E-state index contributed by atoms with van der Waals surface area (Å²) in [5.41, 5.74) is -2.63. The molecule has 0 saturated carbocycles. The van der Waals surface area contributed by atoms with E-state index >= 15 is 0 Å². The number of hydrogen-bond donors (Lipinski definition) is 0. The lowest BCUT2D eigenvalue weighted by Crippen LogP contribution is -2.20. The minimum atomic E-state index is -1.86. The van der Waals surface area contributed by atoms with Crippen LogP contribution in [0.3, 0.4) is 0 Å². The monoisotopic (exact) mass is 528 g/mol. The summed E-state index contributed by atoms with van der Waals surface area (Å²) < 4.78 is 124. The summed E-state index contributed by atoms with van der Waals surface area (Å²) in [5.74, 6) is -9.79. The molecule has 1 saturated heterocycles. The first-order valence-electron chi connectivity index (χ1n) is 11.4. The van der Waals surface area contributed by atoms with Crippen molar-refractivity contribution in [2.45, 2.75) is 25.9 Å². The van der Waals surface area contributed by atoms with E-state index < -0.39 is 81.0 Å². The second-order valence-electron chi connectivity index (χ2n) is 8.41. The summed E-state index contributed by atoms with van der Waals surface area (Å²) in [4.78, 5) is 0. The second kappa shape index (κ2) is 10.9. The molecule has 0 N–H and O–H groups in total. The molecule has 0 radical (unpaired) electrons. The molecule has 37 heavy (non-hydrogen) atoms. The molecule has 1 aliphatic heterocycles. The molecule has 2 nitrogen and oxygen atoms in total. The van der Waals surface area contributed by atoms with Crippen LogP contribution in [0.15, 0.2) is 48.6 Å². The maximum atomic E-state index is 15.0. The highest BCUT2D eigenvalue weighted by Crippen LogP contribution is 2.39. The van der Waals surface area contributed by atoms with Crippen molar-refractivity contribution in [3.8, 4) is 28.0 Å². The number of halogens is 8.